The summed E-state index contributed by atoms with van der Waals surface area (Å²) in [5, 5.41) is 19.8. The van der Waals surface area contributed by atoms with Crippen LogP contribution < -0.4 is 4.74 Å². The van der Waals surface area contributed by atoms with E-state index in [1.807, 2.05) is 24.3 Å². The number of benzene rings is 2. The number of rotatable bonds is 5. The number of carbonyl (C=O) groups is 1. The summed E-state index contributed by atoms with van der Waals surface area (Å²) in [5.41, 5.74) is 2.13. The molecule has 0 aliphatic rings. The molecule has 128 valence electrons. The van der Waals surface area contributed by atoms with E-state index in [9.17, 15) is 15.0 Å². The average molecular weight is 420 g/mol. The Hall–Kier alpha value is -2.38. The van der Waals surface area contributed by atoms with E-state index >= 15 is 0 Å². The van der Waals surface area contributed by atoms with Gasteiger partial charge in [-0.05, 0) is 57.4 Å². The van der Waals surface area contributed by atoms with Crippen molar-refractivity contribution < 1.29 is 19.7 Å². The molecular weight excluding hydrogens is 406 g/mol. The van der Waals surface area contributed by atoms with Crippen molar-refractivity contribution in [2.45, 2.75) is 6.42 Å². The number of carboxylic acid groups (broad SMARTS) is 1. The molecule has 3 aromatic rings. The SMILES string of the molecule is COc1cc(/C=C(\CC(=O)O)c2nc3ccccc3s2)cc(Br)c1O. The predicted molar refractivity (Wildman–Crippen MR) is 102 cm³/mol. The first-order valence-corrected chi connectivity index (χ1v) is 8.93. The first kappa shape index (κ1) is 17.4. The van der Waals surface area contributed by atoms with Crippen LogP contribution in [0.3, 0.4) is 0 Å². The number of aromatic hydroxyl groups is 1. The van der Waals surface area contributed by atoms with Crippen molar-refractivity contribution in [2.24, 2.45) is 0 Å². The number of ether oxygens (including phenoxy) is 1. The molecule has 5 nitrogen and oxygen atoms in total. The van der Waals surface area contributed by atoms with Crippen molar-refractivity contribution in [3.8, 4) is 11.5 Å². The van der Waals surface area contributed by atoms with Crippen LogP contribution in [0.4, 0.5) is 0 Å². The van der Waals surface area contributed by atoms with Gasteiger partial charge in [-0.2, -0.15) is 0 Å². The molecule has 1 heterocycles. The van der Waals surface area contributed by atoms with Crippen LogP contribution in [0.25, 0.3) is 21.9 Å². The third kappa shape index (κ3) is 3.83. The number of fused-ring (bicyclic) bond motifs is 1. The summed E-state index contributed by atoms with van der Waals surface area (Å²) in [7, 11) is 1.46. The van der Waals surface area contributed by atoms with Gasteiger partial charge in [-0.15, -0.1) is 11.3 Å². The Bertz CT molecular complexity index is 947. The van der Waals surface area contributed by atoms with Gasteiger partial charge in [0.2, 0.25) is 0 Å². The molecule has 0 saturated carbocycles. The summed E-state index contributed by atoms with van der Waals surface area (Å²) in [6, 6.07) is 11.0. The number of aromatic nitrogens is 1. The Labute approximate surface area is 156 Å². The third-order valence-electron chi connectivity index (χ3n) is 3.52. The van der Waals surface area contributed by atoms with Crippen LogP contribution >= 0.6 is 27.3 Å². The van der Waals surface area contributed by atoms with Crippen molar-refractivity contribution in [1.29, 1.82) is 0 Å². The Balaban J connectivity index is 2.10. The maximum absolute atomic E-state index is 11.3. The summed E-state index contributed by atoms with van der Waals surface area (Å²) in [5.74, 6) is -0.630. The van der Waals surface area contributed by atoms with E-state index < -0.39 is 5.97 Å². The van der Waals surface area contributed by atoms with E-state index in [0.717, 1.165) is 10.2 Å². The first-order chi connectivity index (χ1) is 12.0. The van der Waals surface area contributed by atoms with Gasteiger partial charge in [0, 0.05) is 0 Å². The lowest BCUT2D eigenvalue weighted by Gasteiger charge is -2.08. The quantitative estimate of drug-likeness (QED) is 0.621. The maximum atomic E-state index is 11.3. The zero-order chi connectivity index (χ0) is 18.0. The van der Waals surface area contributed by atoms with Crippen LogP contribution in [-0.4, -0.2) is 28.3 Å². The lowest BCUT2D eigenvalue weighted by Crippen LogP contribution is -1.97. The minimum Gasteiger partial charge on any atom is -0.503 e. The highest BCUT2D eigenvalue weighted by molar-refractivity contribution is 9.10. The second kappa shape index (κ2) is 7.25. The van der Waals surface area contributed by atoms with Gasteiger partial charge in [-0.3, -0.25) is 4.79 Å². The number of para-hydroxylation sites is 1. The lowest BCUT2D eigenvalue weighted by atomic mass is 10.1. The number of thiazole rings is 1. The Morgan fingerprint density at radius 1 is 1.36 bits per heavy atom. The van der Waals surface area contributed by atoms with Crippen molar-refractivity contribution >= 4 is 55.1 Å². The molecule has 0 fully saturated rings. The maximum Gasteiger partial charge on any atom is 0.307 e. The monoisotopic (exact) mass is 419 g/mol. The Morgan fingerprint density at radius 2 is 2.12 bits per heavy atom. The van der Waals surface area contributed by atoms with Crippen molar-refractivity contribution in [3.05, 3.63) is 51.4 Å². The fraction of sp³-hybridized carbons (Fsp3) is 0.111. The summed E-state index contributed by atoms with van der Waals surface area (Å²) >= 11 is 4.72. The number of carboxylic acids is 1. The summed E-state index contributed by atoms with van der Waals surface area (Å²) in [6.07, 6.45) is 1.60. The normalized spacial score (nSPS) is 11.7. The first-order valence-electron chi connectivity index (χ1n) is 7.32. The van der Waals surface area contributed by atoms with Gasteiger partial charge in [0.05, 0.1) is 28.2 Å². The van der Waals surface area contributed by atoms with E-state index in [2.05, 4.69) is 20.9 Å². The average Bonchev–Trinajstić information content (AvgIpc) is 3.01. The van der Waals surface area contributed by atoms with Gasteiger partial charge < -0.3 is 14.9 Å². The fourth-order valence-corrected chi connectivity index (χ4v) is 3.83. The molecule has 7 heteroatoms. The molecule has 0 bridgehead atoms. The van der Waals surface area contributed by atoms with E-state index in [4.69, 9.17) is 4.74 Å². The fourth-order valence-electron chi connectivity index (χ4n) is 2.39. The number of aliphatic carboxylic acids is 1. The highest BCUT2D eigenvalue weighted by Gasteiger charge is 2.14. The summed E-state index contributed by atoms with van der Waals surface area (Å²) in [4.78, 5) is 15.8. The van der Waals surface area contributed by atoms with E-state index in [-0.39, 0.29) is 12.2 Å². The molecule has 25 heavy (non-hydrogen) atoms. The summed E-state index contributed by atoms with van der Waals surface area (Å²) < 4.78 is 6.61. The Morgan fingerprint density at radius 3 is 2.80 bits per heavy atom. The van der Waals surface area contributed by atoms with E-state index in [0.29, 0.717) is 26.4 Å². The van der Waals surface area contributed by atoms with Crippen molar-refractivity contribution in [2.75, 3.05) is 7.11 Å². The topological polar surface area (TPSA) is 79.7 Å². The van der Waals surface area contributed by atoms with Gasteiger partial charge in [0.1, 0.15) is 5.01 Å². The molecule has 0 aliphatic heterocycles. The minimum atomic E-state index is -0.935. The molecule has 2 aromatic carbocycles. The zero-order valence-corrected chi connectivity index (χ0v) is 15.6. The molecule has 0 amide bonds. The molecule has 2 N–H and O–H groups in total. The van der Waals surface area contributed by atoms with Crippen molar-refractivity contribution in [3.63, 3.8) is 0 Å². The number of phenols is 1. The zero-order valence-electron chi connectivity index (χ0n) is 13.2. The second-order valence-electron chi connectivity index (χ2n) is 5.28. The molecule has 1 aromatic heterocycles. The smallest absolute Gasteiger partial charge is 0.307 e. The number of phenolic OH excluding ortho intramolecular Hbond substituents is 1. The third-order valence-corrected chi connectivity index (χ3v) is 5.24. The number of methoxy groups -OCH3 is 1. The molecule has 0 radical (unpaired) electrons. The van der Waals surface area contributed by atoms with Crippen LogP contribution in [0.5, 0.6) is 11.5 Å². The van der Waals surface area contributed by atoms with Gasteiger partial charge in [0.25, 0.3) is 0 Å². The molecule has 0 atom stereocenters. The molecule has 3 rings (SSSR count). The van der Waals surface area contributed by atoms with Crippen LogP contribution in [0.15, 0.2) is 40.9 Å². The van der Waals surface area contributed by atoms with Gasteiger partial charge in [-0.25, -0.2) is 4.98 Å². The highest BCUT2D eigenvalue weighted by Crippen LogP contribution is 2.37. The van der Waals surface area contributed by atoms with E-state index in [1.165, 1.54) is 18.4 Å². The molecule has 0 aliphatic carbocycles. The molecule has 0 saturated heterocycles. The van der Waals surface area contributed by atoms with Gasteiger partial charge in [-0.1, -0.05) is 12.1 Å². The Kier molecular flexibility index (Phi) is 5.06. The number of hydrogen-bond acceptors (Lipinski definition) is 5. The van der Waals surface area contributed by atoms with Crippen molar-refractivity contribution in [1.82, 2.24) is 4.98 Å². The largest absolute Gasteiger partial charge is 0.503 e. The predicted octanol–water partition coefficient (Wildman–Crippen LogP) is 4.79. The summed E-state index contributed by atoms with van der Waals surface area (Å²) in [6.45, 7) is 0. The number of hydrogen-bond donors (Lipinski definition) is 2. The molecule has 0 spiro atoms. The standard InChI is InChI=1S/C18H14BrNO4S/c1-24-14-8-10(7-12(19)17(14)23)6-11(9-16(21)22)18-20-13-4-2-3-5-15(13)25-18/h2-8,23H,9H2,1H3,(H,21,22)/b11-6+. The van der Waals surface area contributed by atoms with Crippen LogP contribution in [0.1, 0.15) is 17.0 Å². The highest BCUT2D eigenvalue weighted by atomic mass is 79.9. The van der Waals surface area contributed by atoms with E-state index in [1.54, 1.807) is 18.2 Å². The molecule has 0 unspecified atom stereocenters. The van der Waals surface area contributed by atoms with Crippen LogP contribution in [0.2, 0.25) is 0 Å². The minimum absolute atomic E-state index is 0.000535. The molecular formula is C18H14BrNO4S. The number of halogens is 1. The van der Waals surface area contributed by atoms with Crippen LogP contribution in [0, 0.1) is 0 Å². The number of nitrogens with zero attached hydrogens (tertiary/aromatic N) is 1. The lowest BCUT2D eigenvalue weighted by molar-refractivity contribution is -0.135. The van der Waals surface area contributed by atoms with Crippen LogP contribution in [-0.2, 0) is 4.79 Å². The van der Waals surface area contributed by atoms with Gasteiger partial charge >= 0.3 is 5.97 Å². The second-order valence-corrected chi connectivity index (χ2v) is 7.17. The van der Waals surface area contributed by atoms with Gasteiger partial charge in [0.15, 0.2) is 11.5 Å².